The lowest BCUT2D eigenvalue weighted by Gasteiger charge is -2.27. The summed E-state index contributed by atoms with van der Waals surface area (Å²) in [6.07, 6.45) is 2.10. The third-order valence-electron chi connectivity index (χ3n) is 3.69. The van der Waals surface area contributed by atoms with Gasteiger partial charge in [-0.1, -0.05) is 6.92 Å². The predicted molar refractivity (Wildman–Crippen MR) is 75.3 cm³/mol. The van der Waals surface area contributed by atoms with E-state index in [2.05, 4.69) is 31.3 Å². The third kappa shape index (κ3) is 3.12. The van der Waals surface area contributed by atoms with E-state index in [4.69, 9.17) is 9.47 Å². The van der Waals surface area contributed by atoms with Crippen molar-refractivity contribution >= 4 is 11.3 Å². The molecule has 2 unspecified atom stereocenters. The van der Waals surface area contributed by atoms with Crippen LogP contribution in [0.1, 0.15) is 36.1 Å². The number of hydrogen-bond donors (Lipinski definition) is 1. The van der Waals surface area contributed by atoms with E-state index in [9.17, 15) is 0 Å². The number of aryl methyl sites for hydroxylation is 1. The minimum atomic E-state index is -0.126. The normalized spacial score (nSPS) is 25.5. The Hall–Kier alpha value is -0.420. The van der Waals surface area contributed by atoms with E-state index in [1.54, 1.807) is 7.11 Å². The molecular weight excluding hydrogens is 246 g/mol. The molecule has 2 rings (SSSR count). The Morgan fingerprint density at radius 2 is 2.39 bits per heavy atom. The van der Waals surface area contributed by atoms with Crippen LogP contribution in [0, 0.1) is 0 Å². The van der Waals surface area contributed by atoms with Crippen LogP contribution >= 0.6 is 11.3 Å². The maximum atomic E-state index is 5.63. The third-order valence-corrected chi connectivity index (χ3v) is 5.10. The van der Waals surface area contributed by atoms with E-state index < -0.39 is 0 Å². The second kappa shape index (κ2) is 6.15. The van der Waals surface area contributed by atoms with E-state index in [-0.39, 0.29) is 5.60 Å². The molecule has 1 fully saturated rings. The summed E-state index contributed by atoms with van der Waals surface area (Å²) in [6.45, 7) is 6.77. The Bertz CT molecular complexity index is 372. The van der Waals surface area contributed by atoms with Gasteiger partial charge in [-0.2, -0.15) is 0 Å². The van der Waals surface area contributed by atoms with Crippen LogP contribution in [0.5, 0.6) is 0 Å². The lowest BCUT2D eigenvalue weighted by atomic mass is 10.0. The minimum Gasteiger partial charge on any atom is -0.378 e. The quantitative estimate of drug-likeness (QED) is 0.861. The predicted octanol–water partition coefficient (Wildman–Crippen LogP) is 2.77. The summed E-state index contributed by atoms with van der Waals surface area (Å²) < 4.78 is 11.1. The van der Waals surface area contributed by atoms with Crippen molar-refractivity contribution in [1.82, 2.24) is 5.32 Å². The SMILES string of the molecule is CCc1ccc(C(C)NCC2(OC)CCOC2)s1. The molecule has 0 amide bonds. The average molecular weight is 269 g/mol. The first kappa shape index (κ1) is 14.0. The van der Waals surface area contributed by atoms with Crippen LogP contribution in [0.4, 0.5) is 0 Å². The van der Waals surface area contributed by atoms with E-state index in [0.29, 0.717) is 12.6 Å². The molecule has 1 N–H and O–H groups in total. The molecule has 2 atom stereocenters. The lowest BCUT2D eigenvalue weighted by molar-refractivity contribution is -0.0171. The van der Waals surface area contributed by atoms with Gasteiger partial charge in [0, 0.05) is 42.5 Å². The second-order valence-corrected chi connectivity index (χ2v) is 6.15. The van der Waals surface area contributed by atoms with Gasteiger partial charge in [0.2, 0.25) is 0 Å². The Kier molecular flexibility index (Phi) is 4.78. The molecule has 0 saturated carbocycles. The summed E-state index contributed by atoms with van der Waals surface area (Å²) in [7, 11) is 1.78. The van der Waals surface area contributed by atoms with Crippen LogP contribution in [0.3, 0.4) is 0 Å². The van der Waals surface area contributed by atoms with Crippen LogP contribution in [-0.4, -0.2) is 32.5 Å². The summed E-state index contributed by atoms with van der Waals surface area (Å²) >= 11 is 1.90. The first-order valence-electron chi connectivity index (χ1n) is 6.64. The smallest absolute Gasteiger partial charge is 0.106 e. The molecule has 0 aromatic carbocycles. The summed E-state index contributed by atoms with van der Waals surface area (Å²) in [4.78, 5) is 2.85. The maximum absolute atomic E-state index is 5.63. The Morgan fingerprint density at radius 3 is 2.94 bits per heavy atom. The molecular formula is C14H23NO2S. The minimum absolute atomic E-state index is 0.126. The number of hydrogen-bond acceptors (Lipinski definition) is 4. The maximum Gasteiger partial charge on any atom is 0.106 e. The molecule has 1 saturated heterocycles. The summed E-state index contributed by atoms with van der Waals surface area (Å²) in [5.74, 6) is 0. The summed E-state index contributed by atoms with van der Waals surface area (Å²) in [5, 5.41) is 3.58. The molecule has 1 aromatic rings. The first-order valence-corrected chi connectivity index (χ1v) is 7.45. The highest BCUT2D eigenvalue weighted by atomic mass is 32.1. The van der Waals surface area contributed by atoms with Gasteiger partial charge in [0.05, 0.1) is 6.61 Å². The largest absolute Gasteiger partial charge is 0.378 e. The topological polar surface area (TPSA) is 30.5 Å². The molecule has 1 aliphatic rings. The highest BCUT2D eigenvalue weighted by Crippen LogP contribution is 2.26. The van der Waals surface area contributed by atoms with Crippen LogP contribution in [0.15, 0.2) is 12.1 Å². The fourth-order valence-corrected chi connectivity index (χ4v) is 3.20. The van der Waals surface area contributed by atoms with Gasteiger partial charge in [0.1, 0.15) is 5.60 Å². The van der Waals surface area contributed by atoms with Gasteiger partial charge in [-0.15, -0.1) is 11.3 Å². The van der Waals surface area contributed by atoms with Crippen molar-refractivity contribution in [3.63, 3.8) is 0 Å². The summed E-state index contributed by atoms with van der Waals surface area (Å²) in [5.41, 5.74) is -0.126. The zero-order chi connectivity index (χ0) is 13.0. The number of ether oxygens (including phenoxy) is 2. The molecule has 0 radical (unpaired) electrons. The molecule has 0 aliphatic carbocycles. The molecule has 0 bridgehead atoms. The average Bonchev–Trinajstić information content (AvgIpc) is 3.05. The van der Waals surface area contributed by atoms with E-state index in [1.807, 2.05) is 11.3 Å². The van der Waals surface area contributed by atoms with Gasteiger partial charge in [-0.05, 0) is 25.5 Å². The Morgan fingerprint density at radius 1 is 1.56 bits per heavy atom. The lowest BCUT2D eigenvalue weighted by Crippen LogP contribution is -2.43. The van der Waals surface area contributed by atoms with Crippen molar-refractivity contribution in [3.8, 4) is 0 Å². The fraction of sp³-hybridized carbons (Fsp3) is 0.714. The fourth-order valence-electron chi connectivity index (χ4n) is 2.22. The first-order chi connectivity index (χ1) is 8.69. The van der Waals surface area contributed by atoms with Crippen molar-refractivity contribution < 1.29 is 9.47 Å². The molecule has 2 heterocycles. The number of thiophene rings is 1. The van der Waals surface area contributed by atoms with Crippen molar-refractivity contribution in [1.29, 1.82) is 0 Å². The summed E-state index contributed by atoms with van der Waals surface area (Å²) in [6, 6.07) is 4.83. The number of nitrogens with one attached hydrogen (secondary N) is 1. The van der Waals surface area contributed by atoms with E-state index in [1.165, 1.54) is 9.75 Å². The highest BCUT2D eigenvalue weighted by Gasteiger charge is 2.35. The molecule has 4 heteroatoms. The highest BCUT2D eigenvalue weighted by molar-refractivity contribution is 7.12. The zero-order valence-electron chi connectivity index (χ0n) is 11.5. The Labute approximate surface area is 113 Å². The van der Waals surface area contributed by atoms with Crippen LogP contribution in [0.2, 0.25) is 0 Å². The monoisotopic (exact) mass is 269 g/mol. The van der Waals surface area contributed by atoms with Crippen molar-refractivity contribution in [2.24, 2.45) is 0 Å². The van der Waals surface area contributed by atoms with Gasteiger partial charge < -0.3 is 14.8 Å². The molecule has 102 valence electrons. The van der Waals surface area contributed by atoms with Gasteiger partial charge in [0.15, 0.2) is 0 Å². The van der Waals surface area contributed by atoms with Crippen molar-refractivity contribution in [3.05, 3.63) is 21.9 Å². The van der Waals surface area contributed by atoms with Gasteiger partial charge >= 0.3 is 0 Å². The van der Waals surface area contributed by atoms with E-state index in [0.717, 1.165) is 26.0 Å². The van der Waals surface area contributed by atoms with Gasteiger partial charge in [0.25, 0.3) is 0 Å². The standard InChI is InChI=1S/C14H23NO2S/c1-4-12-5-6-13(18-12)11(2)15-9-14(16-3)7-8-17-10-14/h5-6,11,15H,4,7-10H2,1-3H3. The second-order valence-electron chi connectivity index (χ2n) is 4.95. The van der Waals surface area contributed by atoms with Crippen LogP contribution in [-0.2, 0) is 15.9 Å². The van der Waals surface area contributed by atoms with Crippen LogP contribution in [0.25, 0.3) is 0 Å². The Balaban J connectivity index is 1.89. The molecule has 3 nitrogen and oxygen atoms in total. The zero-order valence-corrected chi connectivity index (χ0v) is 12.3. The van der Waals surface area contributed by atoms with Crippen molar-refractivity contribution in [2.45, 2.75) is 38.3 Å². The van der Waals surface area contributed by atoms with Crippen molar-refractivity contribution in [2.75, 3.05) is 26.9 Å². The van der Waals surface area contributed by atoms with Gasteiger partial charge in [-0.25, -0.2) is 0 Å². The molecule has 1 aromatic heterocycles. The van der Waals surface area contributed by atoms with Crippen LogP contribution < -0.4 is 5.32 Å². The molecule has 1 aliphatic heterocycles. The number of rotatable bonds is 6. The molecule has 0 spiro atoms. The molecule has 18 heavy (non-hydrogen) atoms. The van der Waals surface area contributed by atoms with Gasteiger partial charge in [-0.3, -0.25) is 0 Å². The van der Waals surface area contributed by atoms with E-state index >= 15 is 0 Å². The number of methoxy groups -OCH3 is 1.